The molecule has 1 amide bonds. The largest absolute Gasteiger partial charge is 0.320 e. The van der Waals surface area contributed by atoms with E-state index in [4.69, 9.17) is 0 Å². The monoisotopic (exact) mass is 291 g/mol. The van der Waals surface area contributed by atoms with Crippen LogP contribution in [0.3, 0.4) is 0 Å². The summed E-state index contributed by atoms with van der Waals surface area (Å²) in [6, 6.07) is 13.4. The number of anilines is 1. The van der Waals surface area contributed by atoms with Gasteiger partial charge in [0.15, 0.2) is 0 Å². The Bertz CT molecular complexity index is 806. The fourth-order valence-electron chi connectivity index (χ4n) is 2.43. The van der Waals surface area contributed by atoms with E-state index < -0.39 is 0 Å². The summed E-state index contributed by atoms with van der Waals surface area (Å²) in [5, 5.41) is 2.97. The molecule has 0 bridgehead atoms. The summed E-state index contributed by atoms with van der Waals surface area (Å²) in [4.78, 5) is 16.7. The number of aryl methyl sites for hydroxylation is 2. The number of hydrogen-bond acceptors (Lipinski definition) is 2. The van der Waals surface area contributed by atoms with Gasteiger partial charge in [-0.15, -0.1) is 0 Å². The van der Waals surface area contributed by atoms with E-state index in [1.165, 1.54) is 5.56 Å². The van der Waals surface area contributed by atoms with Gasteiger partial charge < -0.3 is 9.88 Å². The number of carbonyl (C=O) groups excluding carboxylic acids is 1. The molecule has 22 heavy (non-hydrogen) atoms. The normalized spacial score (nSPS) is 10.5. The molecule has 0 saturated heterocycles. The van der Waals surface area contributed by atoms with E-state index >= 15 is 0 Å². The molecule has 4 heteroatoms. The average Bonchev–Trinajstić information content (AvgIpc) is 3.00. The number of hydrogen-bond donors (Lipinski definition) is 1. The summed E-state index contributed by atoms with van der Waals surface area (Å²) in [5.41, 5.74) is 4.49. The molecule has 0 fully saturated rings. The predicted molar refractivity (Wildman–Crippen MR) is 87.4 cm³/mol. The van der Waals surface area contributed by atoms with Crippen molar-refractivity contribution in [1.29, 1.82) is 0 Å². The van der Waals surface area contributed by atoms with Crippen molar-refractivity contribution in [3.05, 3.63) is 77.9 Å². The fraction of sp³-hybridized carbons (Fsp3) is 0.111. The van der Waals surface area contributed by atoms with Crippen LogP contribution in [0.5, 0.6) is 0 Å². The Morgan fingerprint density at radius 1 is 1.14 bits per heavy atom. The lowest BCUT2D eigenvalue weighted by Crippen LogP contribution is -2.16. The van der Waals surface area contributed by atoms with Crippen LogP contribution in [0, 0.1) is 13.8 Å². The van der Waals surface area contributed by atoms with Gasteiger partial charge in [0.2, 0.25) is 0 Å². The van der Waals surface area contributed by atoms with Crippen molar-refractivity contribution in [1.82, 2.24) is 9.55 Å². The van der Waals surface area contributed by atoms with Crippen LogP contribution >= 0.6 is 0 Å². The third kappa shape index (κ3) is 2.76. The molecule has 0 unspecified atom stereocenters. The molecular formula is C18H17N3O. The van der Waals surface area contributed by atoms with E-state index in [1.807, 2.05) is 54.9 Å². The van der Waals surface area contributed by atoms with Crippen molar-refractivity contribution in [3.63, 3.8) is 0 Å². The number of aromatic nitrogens is 2. The van der Waals surface area contributed by atoms with Gasteiger partial charge in [0.25, 0.3) is 5.91 Å². The van der Waals surface area contributed by atoms with E-state index in [0.29, 0.717) is 5.69 Å². The minimum atomic E-state index is -0.138. The molecule has 2 aromatic heterocycles. The van der Waals surface area contributed by atoms with Crippen molar-refractivity contribution < 1.29 is 4.79 Å². The van der Waals surface area contributed by atoms with Crippen LogP contribution in [0.4, 0.5) is 5.69 Å². The van der Waals surface area contributed by atoms with Crippen molar-refractivity contribution in [2.24, 2.45) is 0 Å². The van der Waals surface area contributed by atoms with Gasteiger partial charge in [0, 0.05) is 18.1 Å². The third-order valence-electron chi connectivity index (χ3n) is 3.54. The number of carbonyl (C=O) groups is 1. The first-order valence-electron chi connectivity index (χ1n) is 7.11. The second-order valence-corrected chi connectivity index (χ2v) is 5.25. The molecule has 0 aliphatic heterocycles. The Balaban J connectivity index is 1.89. The molecule has 1 aromatic carbocycles. The number of benzene rings is 1. The Morgan fingerprint density at radius 2 is 2.00 bits per heavy atom. The number of nitrogens with one attached hydrogen (secondary N) is 1. The van der Waals surface area contributed by atoms with E-state index in [0.717, 1.165) is 16.9 Å². The standard InChI is InChI=1S/C18H17N3O/c1-13-7-8-16(14(2)11-13)20-18(22)17-6-4-10-21(17)15-5-3-9-19-12-15/h3-12H,1-2H3,(H,20,22). The van der Waals surface area contributed by atoms with Crippen LogP contribution in [0.15, 0.2) is 61.1 Å². The van der Waals surface area contributed by atoms with E-state index in [1.54, 1.807) is 18.5 Å². The van der Waals surface area contributed by atoms with Crippen molar-refractivity contribution >= 4 is 11.6 Å². The highest BCUT2D eigenvalue weighted by molar-refractivity contribution is 6.04. The lowest BCUT2D eigenvalue weighted by molar-refractivity contribution is 0.102. The summed E-state index contributed by atoms with van der Waals surface area (Å²) in [6.07, 6.45) is 5.30. The Morgan fingerprint density at radius 3 is 2.73 bits per heavy atom. The first-order valence-corrected chi connectivity index (χ1v) is 7.11. The molecule has 1 N–H and O–H groups in total. The maximum absolute atomic E-state index is 12.6. The van der Waals surface area contributed by atoms with Crippen molar-refractivity contribution in [2.75, 3.05) is 5.32 Å². The van der Waals surface area contributed by atoms with Crippen LogP contribution in [-0.2, 0) is 0 Å². The van der Waals surface area contributed by atoms with Gasteiger partial charge in [0.05, 0.1) is 11.9 Å². The Kier molecular flexibility index (Phi) is 3.74. The molecular weight excluding hydrogens is 274 g/mol. The van der Waals surface area contributed by atoms with E-state index in [2.05, 4.69) is 16.4 Å². The van der Waals surface area contributed by atoms with Gasteiger partial charge in [0.1, 0.15) is 5.69 Å². The summed E-state index contributed by atoms with van der Waals surface area (Å²) in [7, 11) is 0. The highest BCUT2D eigenvalue weighted by Gasteiger charge is 2.13. The maximum atomic E-state index is 12.6. The van der Waals surface area contributed by atoms with Gasteiger partial charge in [-0.3, -0.25) is 9.78 Å². The van der Waals surface area contributed by atoms with Crippen LogP contribution < -0.4 is 5.32 Å². The minimum absolute atomic E-state index is 0.138. The quantitative estimate of drug-likeness (QED) is 0.799. The molecule has 0 aliphatic rings. The van der Waals surface area contributed by atoms with Gasteiger partial charge in [-0.2, -0.15) is 0 Å². The smallest absolute Gasteiger partial charge is 0.272 e. The van der Waals surface area contributed by atoms with E-state index in [9.17, 15) is 4.79 Å². The molecule has 3 rings (SSSR count). The zero-order valence-corrected chi connectivity index (χ0v) is 12.6. The SMILES string of the molecule is Cc1ccc(NC(=O)c2cccn2-c2cccnc2)c(C)c1. The molecule has 2 heterocycles. The van der Waals surface area contributed by atoms with Gasteiger partial charge >= 0.3 is 0 Å². The lowest BCUT2D eigenvalue weighted by atomic mass is 10.1. The van der Waals surface area contributed by atoms with Crippen LogP contribution in [0.25, 0.3) is 5.69 Å². The fourth-order valence-corrected chi connectivity index (χ4v) is 2.43. The minimum Gasteiger partial charge on any atom is -0.320 e. The van der Waals surface area contributed by atoms with Gasteiger partial charge in [-0.05, 0) is 49.7 Å². The highest BCUT2D eigenvalue weighted by atomic mass is 16.1. The zero-order valence-electron chi connectivity index (χ0n) is 12.6. The molecule has 0 radical (unpaired) electrons. The Hall–Kier alpha value is -2.88. The first kappa shape index (κ1) is 14.1. The molecule has 0 atom stereocenters. The topological polar surface area (TPSA) is 46.9 Å². The number of amides is 1. The number of pyridine rings is 1. The second kappa shape index (κ2) is 5.85. The maximum Gasteiger partial charge on any atom is 0.272 e. The zero-order chi connectivity index (χ0) is 15.5. The van der Waals surface area contributed by atoms with Crippen LogP contribution in [0.1, 0.15) is 21.6 Å². The van der Waals surface area contributed by atoms with Crippen LogP contribution in [-0.4, -0.2) is 15.5 Å². The molecule has 4 nitrogen and oxygen atoms in total. The highest BCUT2D eigenvalue weighted by Crippen LogP contribution is 2.18. The Labute approximate surface area is 129 Å². The van der Waals surface area contributed by atoms with Gasteiger partial charge in [-0.1, -0.05) is 17.7 Å². The molecule has 3 aromatic rings. The number of nitrogens with zero attached hydrogens (tertiary/aromatic N) is 2. The average molecular weight is 291 g/mol. The van der Waals surface area contributed by atoms with Crippen LogP contribution in [0.2, 0.25) is 0 Å². The lowest BCUT2D eigenvalue weighted by Gasteiger charge is -2.11. The summed E-state index contributed by atoms with van der Waals surface area (Å²) in [5.74, 6) is -0.138. The summed E-state index contributed by atoms with van der Waals surface area (Å²) in [6.45, 7) is 4.02. The van der Waals surface area contributed by atoms with Crippen molar-refractivity contribution in [2.45, 2.75) is 13.8 Å². The van der Waals surface area contributed by atoms with Gasteiger partial charge in [-0.25, -0.2) is 0 Å². The molecule has 110 valence electrons. The predicted octanol–water partition coefficient (Wildman–Crippen LogP) is 3.74. The van der Waals surface area contributed by atoms with E-state index in [-0.39, 0.29) is 5.91 Å². The molecule has 0 saturated carbocycles. The summed E-state index contributed by atoms with van der Waals surface area (Å²) >= 11 is 0. The number of rotatable bonds is 3. The first-order chi connectivity index (χ1) is 10.6. The third-order valence-corrected chi connectivity index (χ3v) is 3.54. The molecule has 0 spiro atoms. The molecule has 0 aliphatic carbocycles. The summed E-state index contributed by atoms with van der Waals surface area (Å²) < 4.78 is 1.83. The van der Waals surface area contributed by atoms with Crippen molar-refractivity contribution in [3.8, 4) is 5.69 Å². The second-order valence-electron chi connectivity index (χ2n) is 5.25.